The summed E-state index contributed by atoms with van der Waals surface area (Å²) in [5.74, 6) is 0.981. The second-order valence-electron chi connectivity index (χ2n) is 10.7. The van der Waals surface area contributed by atoms with E-state index in [2.05, 4.69) is 10.00 Å². The molecule has 3 N–H and O–H groups in total. The fourth-order valence-corrected chi connectivity index (χ4v) is 7.04. The van der Waals surface area contributed by atoms with Crippen LogP contribution in [0.1, 0.15) is 41.6 Å². The minimum atomic E-state index is -1.04. The molecular weight excluding hydrogens is 414 g/mol. The highest BCUT2D eigenvalue weighted by molar-refractivity contribution is 5.51. The number of likely N-dealkylation sites (tertiary alicyclic amines) is 1. The third kappa shape index (κ3) is 2.65. The molecule has 1 saturated carbocycles. The number of aromatic hydroxyl groups is 1. The van der Waals surface area contributed by atoms with Gasteiger partial charge in [-0.2, -0.15) is 0 Å². The van der Waals surface area contributed by atoms with Crippen molar-refractivity contribution in [3.63, 3.8) is 0 Å². The molecule has 0 radical (unpaired) electrons. The molecule has 3 aliphatic carbocycles. The maximum atomic E-state index is 13.5. The van der Waals surface area contributed by atoms with Crippen LogP contribution in [0.15, 0.2) is 53.3 Å². The quantitative estimate of drug-likeness (QED) is 0.581. The van der Waals surface area contributed by atoms with Crippen molar-refractivity contribution < 1.29 is 10.2 Å². The number of rotatable bonds is 3. The number of aromatic nitrogens is 2. The van der Waals surface area contributed by atoms with Gasteiger partial charge in [-0.15, -0.1) is 0 Å². The molecule has 7 rings (SSSR count). The third-order valence-corrected chi connectivity index (χ3v) is 8.87. The number of piperidine rings is 1. The van der Waals surface area contributed by atoms with Crippen molar-refractivity contribution >= 4 is 0 Å². The molecule has 0 amide bonds. The van der Waals surface area contributed by atoms with Gasteiger partial charge in [0.2, 0.25) is 0 Å². The Kier molecular flexibility index (Phi) is 3.93. The van der Waals surface area contributed by atoms with Crippen LogP contribution in [0.5, 0.6) is 5.75 Å². The number of fused-ring (bicyclic) bond motifs is 2. The van der Waals surface area contributed by atoms with E-state index in [4.69, 9.17) is 0 Å². The molecule has 170 valence electrons. The summed E-state index contributed by atoms with van der Waals surface area (Å²) in [6, 6.07) is 15.3. The first-order chi connectivity index (χ1) is 16.0. The number of H-pyrrole nitrogens is 1. The maximum absolute atomic E-state index is 13.5. The molecule has 2 fully saturated rings. The van der Waals surface area contributed by atoms with E-state index in [1.165, 1.54) is 18.4 Å². The molecule has 6 heteroatoms. The highest BCUT2D eigenvalue weighted by atomic mass is 16.3. The predicted molar refractivity (Wildman–Crippen MR) is 125 cm³/mol. The van der Waals surface area contributed by atoms with E-state index in [9.17, 15) is 15.0 Å². The lowest BCUT2D eigenvalue weighted by molar-refractivity contribution is -0.152. The number of hydrogen-bond acceptors (Lipinski definition) is 4. The molecule has 1 aromatic heterocycles. The monoisotopic (exact) mass is 443 g/mol. The zero-order valence-electron chi connectivity index (χ0n) is 18.6. The van der Waals surface area contributed by atoms with Crippen LogP contribution in [-0.4, -0.2) is 49.6 Å². The average Bonchev–Trinajstić information content (AvgIpc) is 3.58. The van der Waals surface area contributed by atoms with E-state index in [1.54, 1.807) is 10.7 Å². The van der Waals surface area contributed by atoms with E-state index in [0.29, 0.717) is 18.4 Å². The van der Waals surface area contributed by atoms with E-state index in [0.717, 1.165) is 48.8 Å². The van der Waals surface area contributed by atoms with Crippen LogP contribution in [0.25, 0.3) is 5.69 Å². The minimum absolute atomic E-state index is 0.0171. The van der Waals surface area contributed by atoms with E-state index in [-0.39, 0.29) is 17.4 Å². The summed E-state index contributed by atoms with van der Waals surface area (Å²) in [4.78, 5) is 16.0. The Morgan fingerprint density at radius 3 is 2.70 bits per heavy atom. The number of aromatic amines is 1. The number of phenols is 1. The zero-order chi connectivity index (χ0) is 22.4. The topological polar surface area (TPSA) is 81.5 Å². The fourth-order valence-electron chi connectivity index (χ4n) is 7.04. The van der Waals surface area contributed by atoms with Gasteiger partial charge in [0.05, 0.1) is 11.3 Å². The SMILES string of the molecule is O=c1c2c([nH]n1-c1ccccc1)C[C@]13CCN(CC4CC4)[C@H](Cc4ccc(O)cc41)[C@]3(O)C2. The van der Waals surface area contributed by atoms with Crippen LogP contribution in [-0.2, 0) is 24.7 Å². The highest BCUT2D eigenvalue weighted by Crippen LogP contribution is 2.57. The predicted octanol–water partition coefficient (Wildman–Crippen LogP) is 2.68. The van der Waals surface area contributed by atoms with Crippen molar-refractivity contribution in [1.29, 1.82) is 0 Å². The van der Waals surface area contributed by atoms with Gasteiger partial charge in [0.15, 0.2) is 0 Å². The van der Waals surface area contributed by atoms with Gasteiger partial charge in [-0.05, 0) is 73.5 Å². The molecule has 3 aromatic rings. The van der Waals surface area contributed by atoms with Crippen LogP contribution >= 0.6 is 0 Å². The van der Waals surface area contributed by atoms with Gasteiger partial charge in [0.25, 0.3) is 5.56 Å². The summed E-state index contributed by atoms with van der Waals surface area (Å²) in [5, 5.41) is 26.3. The molecule has 4 aliphatic rings. The smallest absolute Gasteiger partial charge is 0.274 e. The standard InChI is InChI=1S/C27H29N3O3/c31-20-9-8-18-12-24-27(33)14-21-23(28-30(25(21)32)19-4-2-1-3-5-19)15-26(27,22(18)13-20)10-11-29(24)16-17-6-7-17/h1-5,8-9,13,17,24,28,31,33H,6-7,10-12,14-16H2/t24-,26-,27-/m1/s1. The third-order valence-electron chi connectivity index (χ3n) is 8.87. The number of benzene rings is 2. The second-order valence-corrected chi connectivity index (χ2v) is 10.7. The first-order valence-corrected chi connectivity index (χ1v) is 12.2. The van der Waals surface area contributed by atoms with Gasteiger partial charge in [-0.1, -0.05) is 24.3 Å². The maximum Gasteiger partial charge on any atom is 0.274 e. The molecule has 33 heavy (non-hydrogen) atoms. The molecule has 1 aliphatic heterocycles. The molecule has 1 saturated heterocycles. The van der Waals surface area contributed by atoms with Crippen LogP contribution in [0.2, 0.25) is 0 Å². The van der Waals surface area contributed by atoms with Crippen molar-refractivity contribution in [2.75, 3.05) is 13.1 Å². The van der Waals surface area contributed by atoms with E-state index < -0.39 is 11.0 Å². The Labute approximate surface area is 192 Å². The van der Waals surface area contributed by atoms with Crippen molar-refractivity contribution in [3.8, 4) is 11.4 Å². The van der Waals surface area contributed by atoms with Gasteiger partial charge in [0, 0.05) is 42.1 Å². The van der Waals surface area contributed by atoms with Crippen molar-refractivity contribution in [2.24, 2.45) is 5.92 Å². The number of phenolic OH excluding ortho intramolecular Hbond substituents is 1. The van der Waals surface area contributed by atoms with Crippen LogP contribution < -0.4 is 5.56 Å². The molecule has 2 heterocycles. The van der Waals surface area contributed by atoms with Crippen molar-refractivity contribution in [3.05, 3.63) is 81.3 Å². The molecule has 2 bridgehead atoms. The lowest BCUT2D eigenvalue weighted by Crippen LogP contribution is -2.74. The fraction of sp³-hybridized carbons (Fsp3) is 0.444. The van der Waals surface area contributed by atoms with Crippen LogP contribution in [0, 0.1) is 5.92 Å². The Balaban J connectivity index is 1.41. The van der Waals surface area contributed by atoms with Gasteiger partial charge < -0.3 is 10.2 Å². The number of hydrogen-bond donors (Lipinski definition) is 3. The van der Waals surface area contributed by atoms with Crippen molar-refractivity contribution in [2.45, 2.75) is 55.6 Å². The molecule has 6 nitrogen and oxygen atoms in total. The molecule has 2 aromatic carbocycles. The second kappa shape index (κ2) is 6.61. The summed E-state index contributed by atoms with van der Waals surface area (Å²) in [5.41, 5.74) is 3.10. The Bertz CT molecular complexity index is 1310. The number of nitrogens with one attached hydrogen (secondary N) is 1. The summed E-state index contributed by atoms with van der Waals surface area (Å²) < 4.78 is 1.62. The number of aliphatic hydroxyl groups is 1. The Hall–Kier alpha value is -2.83. The average molecular weight is 444 g/mol. The summed E-state index contributed by atoms with van der Waals surface area (Å²) in [6.07, 6.45) is 5.06. The Morgan fingerprint density at radius 1 is 1.09 bits per heavy atom. The van der Waals surface area contributed by atoms with Gasteiger partial charge in [-0.25, -0.2) is 4.68 Å². The summed E-state index contributed by atoms with van der Waals surface area (Å²) in [7, 11) is 0. The van der Waals surface area contributed by atoms with Gasteiger partial charge >= 0.3 is 0 Å². The lowest BCUT2D eigenvalue weighted by Gasteiger charge is -2.63. The molecule has 0 spiro atoms. The highest BCUT2D eigenvalue weighted by Gasteiger charge is 2.65. The molecular formula is C27H29N3O3. The number of nitrogens with zero attached hydrogens (tertiary/aromatic N) is 2. The molecule has 3 atom stereocenters. The Morgan fingerprint density at radius 2 is 1.91 bits per heavy atom. The first kappa shape index (κ1) is 19.6. The zero-order valence-corrected chi connectivity index (χ0v) is 18.6. The largest absolute Gasteiger partial charge is 0.508 e. The number of para-hydroxylation sites is 1. The normalized spacial score (nSPS) is 30.4. The minimum Gasteiger partial charge on any atom is -0.508 e. The van der Waals surface area contributed by atoms with Gasteiger partial charge in [0.1, 0.15) is 5.75 Å². The summed E-state index contributed by atoms with van der Waals surface area (Å²) in [6.45, 7) is 1.97. The lowest BCUT2D eigenvalue weighted by atomic mass is 9.49. The van der Waals surface area contributed by atoms with Crippen LogP contribution in [0.4, 0.5) is 0 Å². The van der Waals surface area contributed by atoms with Gasteiger partial charge in [-0.3, -0.25) is 14.8 Å². The van der Waals surface area contributed by atoms with E-state index >= 15 is 0 Å². The first-order valence-electron chi connectivity index (χ1n) is 12.2. The van der Waals surface area contributed by atoms with E-state index in [1.807, 2.05) is 42.5 Å². The van der Waals surface area contributed by atoms with Crippen LogP contribution in [0.3, 0.4) is 0 Å². The summed E-state index contributed by atoms with van der Waals surface area (Å²) >= 11 is 0. The molecule has 0 unspecified atom stereocenters. The van der Waals surface area contributed by atoms with Crippen molar-refractivity contribution in [1.82, 2.24) is 14.7 Å².